The number of rotatable bonds is 10. The molecule has 0 unspecified atom stereocenters. The quantitative estimate of drug-likeness (QED) is 0.221. The van der Waals surface area contributed by atoms with E-state index in [9.17, 15) is 0 Å². The summed E-state index contributed by atoms with van der Waals surface area (Å²) in [6, 6.07) is 10.7. The van der Waals surface area contributed by atoms with Crippen molar-refractivity contribution in [3.05, 3.63) is 35.9 Å². The molecule has 27 heavy (non-hydrogen) atoms. The zero-order chi connectivity index (χ0) is 18.5. The third kappa shape index (κ3) is 10.6. The Bertz CT molecular complexity index is 510. The molecular weight excluding hydrogens is 471 g/mol. The molecule has 0 aliphatic carbocycles. The number of likely N-dealkylation sites (tertiary alicyclic amines) is 1. The lowest BCUT2D eigenvalue weighted by Crippen LogP contribution is -2.39. The monoisotopic (exact) mass is 506 g/mol. The standard InChI is InChI=1S/C20H34N4OS.HI/c1-21-20(23-12-16-26-2)22-11-6-15-25-19-9-13-24(14-10-19)17-18-7-4-3-5-8-18;/h3-5,7-8,19H,6,9-17H2,1-2H3,(H2,21,22,23);1H. The Labute approximate surface area is 186 Å². The number of thioether (sulfide) groups is 1. The van der Waals surface area contributed by atoms with E-state index < -0.39 is 0 Å². The molecule has 0 radical (unpaired) electrons. The maximum atomic E-state index is 6.07. The maximum Gasteiger partial charge on any atom is 0.191 e. The lowest BCUT2D eigenvalue weighted by molar-refractivity contribution is 0.00534. The van der Waals surface area contributed by atoms with Crippen LogP contribution in [-0.4, -0.2) is 68.8 Å². The lowest BCUT2D eigenvalue weighted by atomic mass is 10.1. The van der Waals surface area contributed by atoms with Crippen LogP contribution in [0.25, 0.3) is 0 Å². The average molecular weight is 506 g/mol. The second-order valence-corrected chi connectivity index (χ2v) is 7.59. The topological polar surface area (TPSA) is 48.9 Å². The normalized spacial score (nSPS) is 16.0. The minimum Gasteiger partial charge on any atom is -0.378 e. The van der Waals surface area contributed by atoms with E-state index in [-0.39, 0.29) is 24.0 Å². The molecule has 5 nitrogen and oxygen atoms in total. The summed E-state index contributed by atoms with van der Waals surface area (Å²) in [6.07, 6.45) is 5.81. The van der Waals surface area contributed by atoms with Gasteiger partial charge >= 0.3 is 0 Å². The van der Waals surface area contributed by atoms with Gasteiger partial charge in [0.05, 0.1) is 6.10 Å². The number of ether oxygens (including phenoxy) is 1. The van der Waals surface area contributed by atoms with Crippen molar-refractivity contribution in [1.82, 2.24) is 15.5 Å². The van der Waals surface area contributed by atoms with Crippen LogP contribution in [0.2, 0.25) is 0 Å². The number of benzene rings is 1. The lowest BCUT2D eigenvalue weighted by Gasteiger charge is -2.32. The Balaban J connectivity index is 0.00000364. The zero-order valence-corrected chi connectivity index (χ0v) is 19.8. The fourth-order valence-corrected chi connectivity index (χ4v) is 3.40. The van der Waals surface area contributed by atoms with Crippen molar-refractivity contribution in [2.75, 3.05) is 51.8 Å². The van der Waals surface area contributed by atoms with Gasteiger partial charge in [0.15, 0.2) is 5.96 Å². The summed E-state index contributed by atoms with van der Waals surface area (Å²) < 4.78 is 6.07. The highest BCUT2D eigenvalue weighted by atomic mass is 127. The summed E-state index contributed by atoms with van der Waals surface area (Å²) in [7, 11) is 1.81. The van der Waals surface area contributed by atoms with Crippen LogP contribution in [0.5, 0.6) is 0 Å². The van der Waals surface area contributed by atoms with E-state index in [1.807, 2.05) is 18.8 Å². The highest BCUT2D eigenvalue weighted by Gasteiger charge is 2.19. The van der Waals surface area contributed by atoms with Gasteiger partial charge in [-0.15, -0.1) is 24.0 Å². The Hall–Kier alpha value is -0.510. The third-order valence-corrected chi connectivity index (χ3v) is 5.19. The number of nitrogens with zero attached hydrogens (tertiary/aromatic N) is 2. The minimum absolute atomic E-state index is 0. The van der Waals surface area contributed by atoms with Crippen molar-refractivity contribution in [1.29, 1.82) is 0 Å². The molecule has 2 rings (SSSR count). The Morgan fingerprint density at radius 2 is 1.89 bits per heavy atom. The van der Waals surface area contributed by atoms with E-state index in [2.05, 4.69) is 57.1 Å². The third-order valence-electron chi connectivity index (χ3n) is 4.57. The summed E-state index contributed by atoms with van der Waals surface area (Å²) in [5, 5.41) is 6.65. The molecule has 2 N–H and O–H groups in total. The molecule has 0 aromatic heterocycles. The van der Waals surface area contributed by atoms with Crippen molar-refractivity contribution >= 4 is 41.7 Å². The van der Waals surface area contributed by atoms with Crippen molar-refractivity contribution in [3.8, 4) is 0 Å². The van der Waals surface area contributed by atoms with E-state index in [1.54, 1.807) is 0 Å². The molecule has 0 amide bonds. The predicted octanol–water partition coefficient (Wildman–Crippen LogP) is 3.20. The van der Waals surface area contributed by atoms with E-state index in [4.69, 9.17) is 4.74 Å². The molecule has 1 aliphatic heterocycles. The van der Waals surface area contributed by atoms with Crippen LogP contribution in [0.1, 0.15) is 24.8 Å². The minimum atomic E-state index is 0. The molecule has 0 spiro atoms. The highest BCUT2D eigenvalue weighted by Crippen LogP contribution is 2.16. The van der Waals surface area contributed by atoms with Gasteiger partial charge in [-0.3, -0.25) is 9.89 Å². The Morgan fingerprint density at radius 3 is 2.56 bits per heavy atom. The number of hydrogen-bond donors (Lipinski definition) is 2. The highest BCUT2D eigenvalue weighted by molar-refractivity contribution is 14.0. The van der Waals surface area contributed by atoms with Crippen LogP contribution in [0.15, 0.2) is 35.3 Å². The second kappa shape index (κ2) is 15.4. The first-order chi connectivity index (χ1) is 12.8. The van der Waals surface area contributed by atoms with Gasteiger partial charge in [-0.2, -0.15) is 11.8 Å². The number of piperidine rings is 1. The molecule has 0 saturated carbocycles. The molecular formula is C20H35IN4OS. The van der Waals surface area contributed by atoms with Gasteiger partial charge in [0.25, 0.3) is 0 Å². The number of aliphatic imine (C=N–C) groups is 1. The van der Waals surface area contributed by atoms with E-state index >= 15 is 0 Å². The largest absolute Gasteiger partial charge is 0.378 e. The number of nitrogens with one attached hydrogen (secondary N) is 2. The van der Waals surface area contributed by atoms with Crippen molar-refractivity contribution in [3.63, 3.8) is 0 Å². The smallest absolute Gasteiger partial charge is 0.191 e. The molecule has 1 aromatic carbocycles. The van der Waals surface area contributed by atoms with Crippen LogP contribution < -0.4 is 10.6 Å². The molecule has 7 heteroatoms. The van der Waals surface area contributed by atoms with Crippen LogP contribution in [0, 0.1) is 0 Å². The fourth-order valence-electron chi connectivity index (χ4n) is 3.10. The van der Waals surface area contributed by atoms with Crippen LogP contribution >= 0.6 is 35.7 Å². The number of halogens is 1. The first-order valence-electron chi connectivity index (χ1n) is 9.63. The summed E-state index contributed by atoms with van der Waals surface area (Å²) >= 11 is 1.83. The summed E-state index contributed by atoms with van der Waals surface area (Å²) in [4.78, 5) is 6.76. The van der Waals surface area contributed by atoms with E-state index in [0.29, 0.717) is 6.10 Å². The van der Waals surface area contributed by atoms with Crippen molar-refractivity contribution in [2.45, 2.75) is 31.9 Å². The van der Waals surface area contributed by atoms with Gasteiger partial charge in [-0.25, -0.2) is 0 Å². The number of guanidine groups is 1. The van der Waals surface area contributed by atoms with Crippen molar-refractivity contribution in [2.24, 2.45) is 4.99 Å². The Morgan fingerprint density at radius 1 is 1.19 bits per heavy atom. The molecule has 1 saturated heterocycles. The molecule has 1 aliphatic rings. The molecule has 1 fully saturated rings. The summed E-state index contributed by atoms with van der Waals surface area (Å²) in [6.45, 7) is 5.97. The second-order valence-electron chi connectivity index (χ2n) is 6.60. The maximum absolute atomic E-state index is 6.07. The summed E-state index contributed by atoms with van der Waals surface area (Å²) in [5.41, 5.74) is 1.40. The van der Waals surface area contributed by atoms with Crippen LogP contribution in [-0.2, 0) is 11.3 Å². The Kier molecular flexibility index (Phi) is 14.0. The molecule has 154 valence electrons. The van der Waals surface area contributed by atoms with Gasteiger partial charge in [0.2, 0.25) is 0 Å². The van der Waals surface area contributed by atoms with Crippen LogP contribution in [0.4, 0.5) is 0 Å². The first kappa shape index (κ1) is 24.5. The van der Waals surface area contributed by atoms with Crippen molar-refractivity contribution < 1.29 is 4.74 Å². The van der Waals surface area contributed by atoms with Gasteiger partial charge in [0, 0.05) is 52.1 Å². The predicted molar refractivity (Wildman–Crippen MR) is 128 cm³/mol. The molecule has 1 aromatic rings. The zero-order valence-electron chi connectivity index (χ0n) is 16.7. The molecule has 0 bridgehead atoms. The van der Waals surface area contributed by atoms with Gasteiger partial charge in [0.1, 0.15) is 0 Å². The summed E-state index contributed by atoms with van der Waals surface area (Å²) in [5.74, 6) is 1.97. The fraction of sp³-hybridized carbons (Fsp3) is 0.650. The number of hydrogen-bond acceptors (Lipinski definition) is 4. The van der Waals surface area contributed by atoms with Crippen LogP contribution in [0.3, 0.4) is 0 Å². The first-order valence-corrected chi connectivity index (χ1v) is 11.0. The SMILES string of the molecule is CN=C(NCCCOC1CCN(Cc2ccccc2)CC1)NCCSC.I. The molecule has 1 heterocycles. The average Bonchev–Trinajstić information content (AvgIpc) is 2.68. The van der Waals surface area contributed by atoms with Gasteiger partial charge in [-0.05, 0) is 31.1 Å². The van der Waals surface area contributed by atoms with Gasteiger partial charge in [-0.1, -0.05) is 30.3 Å². The van der Waals surface area contributed by atoms with E-state index in [1.165, 1.54) is 5.56 Å². The van der Waals surface area contributed by atoms with Gasteiger partial charge < -0.3 is 15.4 Å². The van der Waals surface area contributed by atoms with E-state index in [0.717, 1.165) is 70.3 Å². The molecule has 0 atom stereocenters.